The summed E-state index contributed by atoms with van der Waals surface area (Å²) in [6.07, 6.45) is 0.142. The van der Waals surface area contributed by atoms with Crippen LogP contribution in [-0.4, -0.2) is 38.8 Å². The van der Waals surface area contributed by atoms with Gasteiger partial charge in [0.1, 0.15) is 5.75 Å². The van der Waals surface area contributed by atoms with Crippen LogP contribution < -0.4 is 30.2 Å². The second-order valence-corrected chi connectivity index (χ2v) is 5.95. The molecule has 3 rings (SSSR count). The molecule has 0 saturated carbocycles. The van der Waals surface area contributed by atoms with Crippen molar-refractivity contribution in [3.8, 4) is 17.2 Å². The number of methoxy groups -OCH3 is 1. The SMILES string of the molecule is COc1ccc(N(CCC(N)=O)CC(=O)Nc2ccc3c(c2)OCO3)cc1. The minimum Gasteiger partial charge on any atom is -0.497 e. The average molecular weight is 371 g/mol. The largest absolute Gasteiger partial charge is 0.497 e. The highest BCUT2D eigenvalue weighted by molar-refractivity contribution is 5.94. The first-order valence-electron chi connectivity index (χ1n) is 8.42. The second kappa shape index (κ2) is 8.31. The van der Waals surface area contributed by atoms with Gasteiger partial charge in [0.15, 0.2) is 11.5 Å². The number of hydrogen-bond donors (Lipinski definition) is 2. The summed E-state index contributed by atoms with van der Waals surface area (Å²) in [6, 6.07) is 12.4. The van der Waals surface area contributed by atoms with E-state index in [-0.39, 0.29) is 25.7 Å². The van der Waals surface area contributed by atoms with E-state index in [0.717, 1.165) is 5.69 Å². The lowest BCUT2D eigenvalue weighted by Gasteiger charge is -2.24. The Morgan fingerprint density at radius 1 is 1.15 bits per heavy atom. The maximum Gasteiger partial charge on any atom is 0.243 e. The van der Waals surface area contributed by atoms with E-state index in [4.69, 9.17) is 19.9 Å². The van der Waals surface area contributed by atoms with Gasteiger partial charge in [-0.3, -0.25) is 9.59 Å². The lowest BCUT2D eigenvalue weighted by Crippen LogP contribution is -2.35. The first-order chi connectivity index (χ1) is 13.0. The number of fused-ring (bicyclic) bond motifs is 1. The van der Waals surface area contributed by atoms with Gasteiger partial charge in [0, 0.05) is 30.4 Å². The van der Waals surface area contributed by atoms with Crippen LogP contribution >= 0.6 is 0 Å². The molecule has 0 aromatic heterocycles. The third-order valence-electron chi connectivity index (χ3n) is 4.06. The molecule has 0 spiro atoms. The van der Waals surface area contributed by atoms with Gasteiger partial charge in [-0.15, -0.1) is 0 Å². The summed E-state index contributed by atoms with van der Waals surface area (Å²) >= 11 is 0. The van der Waals surface area contributed by atoms with E-state index in [1.54, 1.807) is 42.3 Å². The van der Waals surface area contributed by atoms with Crippen molar-refractivity contribution in [1.29, 1.82) is 0 Å². The Bertz CT molecular complexity index is 823. The zero-order chi connectivity index (χ0) is 19.2. The Balaban J connectivity index is 1.68. The number of anilines is 2. The molecular formula is C19H21N3O5. The number of carbonyl (C=O) groups excluding carboxylic acids is 2. The molecule has 2 aromatic carbocycles. The summed E-state index contributed by atoms with van der Waals surface area (Å²) in [5, 5.41) is 2.83. The molecule has 3 N–H and O–H groups in total. The van der Waals surface area contributed by atoms with Crippen LogP contribution in [0.2, 0.25) is 0 Å². The molecular weight excluding hydrogens is 350 g/mol. The van der Waals surface area contributed by atoms with Crippen molar-refractivity contribution in [2.75, 3.05) is 37.2 Å². The summed E-state index contributed by atoms with van der Waals surface area (Å²) in [4.78, 5) is 25.5. The van der Waals surface area contributed by atoms with Crippen molar-refractivity contribution in [3.05, 3.63) is 42.5 Å². The number of primary amides is 1. The third-order valence-corrected chi connectivity index (χ3v) is 4.06. The predicted molar refractivity (Wildman–Crippen MR) is 100 cm³/mol. The summed E-state index contributed by atoms with van der Waals surface area (Å²) < 4.78 is 15.7. The number of hydrogen-bond acceptors (Lipinski definition) is 6. The van der Waals surface area contributed by atoms with Gasteiger partial charge in [-0.25, -0.2) is 0 Å². The maximum atomic E-state index is 12.5. The first kappa shape index (κ1) is 18.4. The number of ether oxygens (including phenoxy) is 3. The molecule has 0 bridgehead atoms. The highest BCUT2D eigenvalue weighted by atomic mass is 16.7. The monoisotopic (exact) mass is 371 g/mol. The smallest absolute Gasteiger partial charge is 0.243 e. The highest BCUT2D eigenvalue weighted by Crippen LogP contribution is 2.34. The number of carbonyl (C=O) groups is 2. The molecule has 27 heavy (non-hydrogen) atoms. The molecule has 0 aliphatic carbocycles. The molecule has 2 aromatic rings. The number of amides is 2. The zero-order valence-corrected chi connectivity index (χ0v) is 14.9. The Hall–Kier alpha value is -3.42. The van der Waals surface area contributed by atoms with E-state index in [9.17, 15) is 9.59 Å². The van der Waals surface area contributed by atoms with Crippen molar-refractivity contribution < 1.29 is 23.8 Å². The molecule has 1 heterocycles. The number of rotatable bonds is 8. The van der Waals surface area contributed by atoms with Crippen LogP contribution in [0.15, 0.2) is 42.5 Å². The van der Waals surface area contributed by atoms with Crippen LogP contribution in [-0.2, 0) is 9.59 Å². The van der Waals surface area contributed by atoms with E-state index in [2.05, 4.69) is 5.32 Å². The molecule has 0 saturated heterocycles. The quantitative estimate of drug-likeness (QED) is 0.733. The average Bonchev–Trinajstić information content (AvgIpc) is 3.13. The van der Waals surface area contributed by atoms with Crippen molar-refractivity contribution in [2.24, 2.45) is 5.73 Å². The zero-order valence-electron chi connectivity index (χ0n) is 14.9. The number of nitrogens with one attached hydrogen (secondary N) is 1. The highest BCUT2D eigenvalue weighted by Gasteiger charge is 2.16. The third kappa shape index (κ3) is 4.81. The summed E-state index contributed by atoms with van der Waals surface area (Å²) in [6.45, 7) is 0.565. The fraction of sp³-hybridized carbons (Fsp3) is 0.263. The summed E-state index contributed by atoms with van der Waals surface area (Å²) in [5.74, 6) is 1.29. The van der Waals surface area contributed by atoms with Crippen LogP contribution in [0.4, 0.5) is 11.4 Å². The van der Waals surface area contributed by atoms with Crippen LogP contribution in [0.5, 0.6) is 17.2 Å². The van der Waals surface area contributed by atoms with Gasteiger partial charge in [0.05, 0.1) is 13.7 Å². The number of nitrogens with zero attached hydrogens (tertiary/aromatic N) is 1. The van der Waals surface area contributed by atoms with Gasteiger partial charge < -0.3 is 30.2 Å². The Kier molecular flexibility index (Phi) is 5.65. The topological polar surface area (TPSA) is 103 Å². The van der Waals surface area contributed by atoms with E-state index in [0.29, 0.717) is 29.5 Å². The van der Waals surface area contributed by atoms with Crippen molar-refractivity contribution in [2.45, 2.75) is 6.42 Å². The minimum atomic E-state index is -0.426. The maximum absolute atomic E-state index is 12.5. The molecule has 0 radical (unpaired) electrons. The molecule has 0 atom stereocenters. The minimum absolute atomic E-state index is 0.0635. The Morgan fingerprint density at radius 2 is 1.89 bits per heavy atom. The second-order valence-electron chi connectivity index (χ2n) is 5.95. The normalized spacial score (nSPS) is 11.7. The van der Waals surface area contributed by atoms with Gasteiger partial charge in [-0.1, -0.05) is 0 Å². The molecule has 1 aliphatic heterocycles. The molecule has 2 amide bonds. The Morgan fingerprint density at radius 3 is 2.59 bits per heavy atom. The molecule has 1 aliphatic rings. The molecule has 8 nitrogen and oxygen atoms in total. The fourth-order valence-electron chi connectivity index (χ4n) is 2.69. The van der Waals surface area contributed by atoms with Crippen LogP contribution in [0.25, 0.3) is 0 Å². The van der Waals surface area contributed by atoms with Crippen LogP contribution in [0, 0.1) is 0 Å². The van der Waals surface area contributed by atoms with Crippen molar-refractivity contribution >= 4 is 23.2 Å². The van der Waals surface area contributed by atoms with Gasteiger partial charge in [0.25, 0.3) is 0 Å². The molecule has 142 valence electrons. The van der Waals surface area contributed by atoms with E-state index >= 15 is 0 Å². The van der Waals surface area contributed by atoms with Gasteiger partial charge in [-0.2, -0.15) is 0 Å². The van der Waals surface area contributed by atoms with Crippen LogP contribution in [0.3, 0.4) is 0 Å². The van der Waals surface area contributed by atoms with Gasteiger partial charge in [-0.05, 0) is 36.4 Å². The number of nitrogens with two attached hydrogens (primary N) is 1. The summed E-state index contributed by atoms with van der Waals surface area (Å²) in [7, 11) is 1.58. The standard InChI is InChI=1S/C19H21N3O5/c1-25-15-5-3-14(4-6-15)22(9-8-18(20)23)11-19(24)21-13-2-7-16-17(10-13)27-12-26-16/h2-7,10H,8-9,11-12H2,1H3,(H2,20,23)(H,21,24). The van der Waals surface area contributed by atoms with E-state index < -0.39 is 5.91 Å². The van der Waals surface area contributed by atoms with Crippen molar-refractivity contribution in [1.82, 2.24) is 0 Å². The first-order valence-corrected chi connectivity index (χ1v) is 8.42. The van der Waals surface area contributed by atoms with E-state index in [1.165, 1.54) is 0 Å². The van der Waals surface area contributed by atoms with Crippen molar-refractivity contribution in [3.63, 3.8) is 0 Å². The number of benzene rings is 2. The van der Waals surface area contributed by atoms with Gasteiger partial charge >= 0.3 is 0 Å². The lowest BCUT2D eigenvalue weighted by atomic mass is 10.2. The fourth-order valence-corrected chi connectivity index (χ4v) is 2.69. The summed E-state index contributed by atoms with van der Waals surface area (Å²) in [5.41, 5.74) is 6.65. The molecule has 0 fully saturated rings. The van der Waals surface area contributed by atoms with E-state index in [1.807, 2.05) is 12.1 Å². The Labute approximate surface area is 156 Å². The predicted octanol–water partition coefficient (Wildman–Crippen LogP) is 1.74. The van der Waals surface area contributed by atoms with Gasteiger partial charge in [0.2, 0.25) is 18.6 Å². The molecule has 8 heteroatoms. The molecule has 0 unspecified atom stereocenters. The van der Waals surface area contributed by atoms with Crippen LogP contribution in [0.1, 0.15) is 6.42 Å². The lowest BCUT2D eigenvalue weighted by molar-refractivity contribution is -0.118.